The zero-order valence-corrected chi connectivity index (χ0v) is 18.6. The van der Waals surface area contributed by atoms with Crippen LogP contribution in [0.5, 0.6) is 11.5 Å². The molecule has 0 atom stereocenters. The number of hydrogen-bond acceptors (Lipinski definition) is 6. The molecule has 0 amide bonds. The van der Waals surface area contributed by atoms with Crippen molar-refractivity contribution in [3.05, 3.63) is 63.4 Å². The fourth-order valence-corrected chi connectivity index (χ4v) is 3.45. The summed E-state index contributed by atoms with van der Waals surface area (Å²) in [7, 11) is 0. The molecule has 0 aliphatic carbocycles. The molecule has 0 aliphatic rings. The van der Waals surface area contributed by atoms with Gasteiger partial charge in [-0.25, -0.2) is 0 Å². The van der Waals surface area contributed by atoms with Crippen molar-refractivity contribution in [3.8, 4) is 11.5 Å². The lowest BCUT2D eigenvalue weighted by Crippen LogP contribution is -2.01. The largest absolute Gasteiger partial charge is 0.490 e. The first-order chi connectivity index (χ1) is 14.0. The van der Waals surface area contributed by atoms with Crippen LogP contribution in [-0.2, 0) is 6.61 Å². The lowest BCUT2D eigenvalue weighted by molar-refractivity contribution is 0.269. The van der Waals surface area contributed by atoms with Gasteiger partial charge in [0.2, 0.25) is 5.16 Å². The topological polar surface area (TPSA) is 61.5 Å². The van der Waals surface area contributed by atoms with E-state index in [1.807, 2.05) is 44.4 Å². The highest BCUT2D eigenvalue weighted by molar-refractivity contribution is 7.98. The molecule has 3 rings (SSSR count). The fraction of sp³-hybridized carbons (Fsp3) is 0.250. The predicted molar refractivity (Wildman–Crippen MR) is 118 cm³/mol. The zero-order chi connectivity index (χ0) is 20.8. The summed E-state index contributed by atoms with van der Waals surface area (Å²) >= 11 is 13.7. The number of hydrogen-bond donors (Lipinski definition) is 0. The third-order valence-corrected chi connectivity index (χ3v) is 5.15. The lowest BCUT2D eigenvalue weighted by Gasteiger charge is -2.13. The van der Waals surface area contributed by atoms with E-state index < -0.39 is 0 Å². The monoisotopic (exact) mass is 450 g/mol. The maximum absolute atomic E-state index is 6.22. The van der Waals surface area contributed by atoms with Gasteiger partial charge < -0.3 is 9.47 Å². The summed E-state index contributed by atoms with van der Waals surface area (Å²) in [6, 6.07) is 11.0. The molecule has 2 aromatic carbocycles. The molecule has 9 heteroatoms. The van der Waals surface area contributed by atoms with Crippen molar-refractivity contribution in [3.63, 3.8) is 0 Å². The van der Waals surface area contributed by atoms with E-state index in [-0.39, 0.29) is 0 Å². The van der Waals surface area contributed by atoms with Crippen LogP contribution < -0.4 is 9.47 Å². The van der Waals surface area contributed by atoms with Gasteiger partial charge in [-0.05, 0) is 56.0 Å². The summed E-state index contributed by atoms with van der Waals surface area (Å²) in [5, 5.41) is 14.5. The Balaban J connectivity index is 1.79. The molecule has 0 saturated heterocycles. The summed E-state index contributed by atoms with van der Waals surface area (Å²) < 4.78 is 13.4. The van der Waals surface area contributed by atoms with Crippen molar-refractivity contribution < 1.29 is 9.47 Å². The Labute approximate surface area is 183 Å². The van der Waals surface area contributed by atoms with Gasteiger partial charge in [0.05, 0.1) is 12.8 Å². The Morgan fingerprint density at radius 1 is 1.10 bits per heavy atom. The van der Waals surface area contributed by atoms with Gasteiger partial charge in [0.1, 0.15) is 6.61 Å². The molecular weight excluding hydrogens is 431 g/mol. The first-order valence-electron chi connectivity index (χ1n) is 8.85. The Bertz CT molecular complexity index is 1020. The first kappa shape index (κ1) is 21.5. The molecule has 0 bridgehead atoms. The first-order valence-corrected chi connectivity index (χ1v) is 10.8. The highest BCUT2D eigenvalue weighted by Gasteiger charge is 2.09. The van der Waals surface area contributed by atoms with Crippen molar-refractivity contribution in [2.24, 2.45) is 5.10 Å². The molecular formula is C20H20Cl2N4O2S. The van der Waals surface area contributed by atoms with Crippen molar-refractivity contribution >= 4 is 41.2 Å². The molecule has 0 spiro atoms. The quantitative estimate of drug-likeness (QED) is 0.336. The molecule has 29 heavy (non-hydrogen) atoms. The molecule has 1 heterocycles. The maximum atomic E-state index is 6.22. The van der Waals surface area contributed by atoms with Gasteiger partial charge in [0.15, 0.2) is 17.3 Å². The molecule has 6 nitrogen and oxygen atoms in total. The summed E-state index contributed by atoms with van der Waals surface area (Å²) in [6.07, 6.45) is 3.67. The van der Waals surface area contributed by atoms with Crippen molar-refractivity contribution in [2.75, 3.05) is 12.9 Å². The van der Waals surface area contributed by atoms with E-state index in [0.717, 1.165) is 22.1 Å². The fourth-order valence-electron chi connectivity index (χ4n) is 2.51. The van der Waals surface area contributed by atoms with E-state index in [1.54, 1.807) is 23.0 Å². The number of ether oxygens (including phenoxy) is 2. The number of rotatable bonds is 8. The van der Waals surface area contributed by atoms with Gasteiger partial charge >= 0.3 is 0 Å². The van der Waals surface area contributed by atoms with Gasteiger partial charge in [-0.2, -0.15) is 9.78 Å². The van der Waals surface area contributed by atoms with E-state index >= 15 is 0 Å². The SMILES string of the molecule is CCOc1cc(/C=N\n2c(C)nnc2SC)ccc1OCc1ccc(Cl)cc1Cl. The minimum Gasteiger partial charge on any atom is -0.490 e. The van der Waals surface area contributed by atoms with Crippen LogP contribution in [0.25, 0.3) is 0 Å². The van der Waals surface area contributed by atoms with Crippen LogP contribution in [-0.4, -0.2) is 34.0 Å². The van der Waals surface area contributed by atoms with Gasteiger partial charge in [-0.15, -0.1) is 10.2 Å². The second-order valence-electron chi connectivity index (χ2n) is 5.95. The van der Waals surface area contributed by atoms with E-state index in [0.29, 0.717) is 34.8 Å². The summed E-state index contributed by atoms with van der Waals surface area (Å²) in [5.41, 5.74) is 1.71. The van der Waals surface area contributed by atoms with E-state index in [4.69, 9.17) is 32.7 Å². The summed E-state index contributed by atoms with van der Waals surface area (Å²) in [4.78, 5) is 0. The van der Waals surface area contributed by atoms with Crippen LogP contribution in [0, 0.1) is 6.92 Å². The molecule has 1 aromatic heterocycles. The van der Waals surface area contributed by atoms with Crippen LogP contribution >= 0.6 is 35.0 Å². The number of aromatic nitrogens is 3. The van der Waals surface area contributed by atoms with Crippen LogP contribution in [0.3, 0.4) is 0 Å². The summed E-state index contributed by atoms with van der Waals surface area (Å²) in [6.45, 7) is 4.60. The normalized spacial score (nSPS) is 11.2. The summed E-state index contributed by atoms with van der Waals surface area (Å²) in [5.74, 6) is 1.97. The number of nitrogens with zero attached hydrogens (tertiary/aromatic N) is 4. The second-order valence-corrected chi connectivity index (χ2v) is 7.57. The van der Waals surface area contributed by atoms with Crippen molar-refractivity contribution in [2.45, 2.75) is 25.6 Å². The van der Waals surface area contributed by atoms with E-state index in [9.17, 15) is 0 Å². The molecule has 152 valence electrons. The number of benzene rings is 2. The molecule has 0 N–H and O–H groups in total. The average Bonchev–Trinajstić information content (AvgIpc) is 3.06. The predicted octanol–water partition coefficient (Wildman–Crippen LogP) is 5.48. The number of thioether (sulfide) groups is 1. The third kappa shape index (κ3) is 5.44. The second kappa shape index (κ2) is 10.0. The molecule has 0 aliphatic heterocycles. The van der Waals surface area contributed by atoms with Crippen LogP contribution in [0.4, 0.5) is 0 Å². The van der Waals surface area contributed by atoms with Crippen molar-refractivity contribution in [1.82, 2.24) is 14.9 Å². The highest BCUT2D eigenvalue weighted by Crippen LogP contribution is 2.30. The third-order valence-electron chi connectivity index (χ3n) is 3.94. The van der Waals surface area contributed by atoms with E-state index in [2.05, 4.69) is 15.3 Å². The van der Waals surface area contributed by atoms with Gasteiger partial charge in [-0.3, -0.25) is 0 Å². The number of halogens is 2. The molecule has 0 saturated carbocycles. The molecule has 0 fully saturated rings. The minimum absolute atomic E-state index is 0.306. The van der Waals surface area contributed by atoms with Gasteiger partial charge in [0, 0.05) is 15.6 Å². The zero-order valence-electron chi connectivity index (χ0n) is 16.2. The number of aryl methyl sites for hydroxylation is 1. The van der Waals surface area contributed by atoms with E-state index in [1.165, 1.54) is 11.8 Å². The highest BCUT2D eigenvalue weighted by atomic mass is 35.5. The Kier molecular flexibility index (Phi) is 7.41. The Morgan fingerprint density at radius 2 is 1.93 bits per heavy atom. The molecule has 3 aromatic rings. The molecule has 0 radical (unpaired) electrons. The molecule has 0 unspecified atom stereocenters. The van der Waals surface area contributed by atoms with Crippen molar-refractivity contribution in [1.29, 1.82) is 0 Å². The van der Waals surface area contributed by atoms with Crippen LogP contribution in [0.1, 0.15) is 23.9 Å². The Morgan fingerprint density at radius 3 is 2.66 bits per heavy atom. The smallest absolute Gasteiger partial charge is 0.211 e. The van der Waals surface area contributed by atoms with Gasteiger partial charge in [0.25, 0.3) is 0 Å². The lowest BCUT2D eigenvalue weighted by atomic mass is 10.2. The standard InChI is InChI=1S/C20H20Cl2N4O2S/c1-4-27-19-9-14(11-23-26-13(2)24-25-20(26)29-3)5-8-18(19)28-12-15-6-7-16(21)10-17(15)22/h5-11H,4,12H2,1-3H3/b23-11-. The maximum Gasteiger partial charge on any atom is 0.211 e. The Hall–Kier alpha value is -2.22. The minimum atomic E-state index is 0.306. The van der Waals surface area contributed by atoms with Crippen LogP contribution in [0.15, 0.2) is 46.7 Å². The van der Waals surface area contributed by atoms with Crippen LogP contribution in [0.2, 0.25) is 10.0 Å². The van der Waals surface area contributed by atoms with Gasteiger partial charge in [-0.1, -0.05) is 41.0 Å². The average molecular weight is 451 g/mol.